The molecule has 1 saturated heterocycles. The van der Waals surface area contributed by atoms with E-state index < -0.39 is 0 Å². The molecule has 1 atom stereocenters. The Morgan fingerprint density at radius 3 is 2.90 bits per heavy atom. The number of aromatic nitrogens is 2. The topological polar surface area (TPSA) is 42.3 Å². The van der Waals surface area contributed by atoms with Gasteiger partial charge in [-0.3, -0.25) is 9.58 Å². The molecule has 0 radical (unpaired) electrons. The van der Waals surface area contributed by atoms with E-state index >= 15 is 0 Å². The second kappa shape index (κ2) is 6.02. The number of ether oxygens (including phenoxy) is 1. The van der Waals surface area contributed by atoms with Crippen LogP contribution < -0.4 is 5.32 Å². The van der Waals surface area contributed by atoms with Gasteiger partial charge in [-0.1, -0.05) is 11.6 Å². The van der Waals surface area contributed by atoms with Gasteiger partial charge in [-0.25, -0.2) is 0 Å². The lowest BCUT2D eigenvalue weighted by molar-refractivity contribution is -0.0120. The molecule has 0 amide bonds. The molecular formula is C14H23ClN4O. The van der Waals surface area contributed by atoms with Gasteiger partial charge < -0.3 is 10.1 Å². The van der Waals surface area contributed by atoms with Gasteiger partial charge in [0.1, 0.15) is 0 Å². The molecule has 1 N–H and O–H groups in total. The summed E-state index contributed by atoms with van der Waals surface area (Å²) in [6.07, 6.45) is 2.64. The number of nitrogens with one attached hydrogen (secondary N) is 1. The highest BCUT2D eigenvalue weighted by atomic mass is 35.5. The lowest BCUT2D eigenvalue weighted by atomic mass is 10.2. The smallest absolute Gasteiger partial charge is 0.0860 e. The van der Waals surface area contributed by atoms with E-state index in [1.54, 1.807) is 0 Å². The molecule has 1 aromatic rings. The minimum absolute atomic E-state index is 0.427. The first-order valence-electron chi connectivity index (χ1n) is 7.38. The molecule has 1 aliphatic carbocycles. The van der Waals surface area contributed by atoms with Crippen molar-refractivity contribution in [3.05, 3.63) is 16.4 Å². The summed E-state index contributed by atoms with van der Waals surface area (Å²) in [6, 6.07) is 1.16. The van der Waals surface area contributed by atoms with Gasteiger partial charge in [0.2, 0.25) is 0 Å². The van der Waals surface area contributed by atoms with Crippen LogP contribution in [0.2, 0.25) is 5.02 Å². The summed E-state index contributed by atoms with van der Waals surface area (Å²) in [6.45, 7) is 6.35. The van der Waals surface area contributed by atoms with Gasteiger partial charge in [0.25, 0.3) is 0 Å². The number of hydrogen-bond donors (Lipinski definition) is 1. The first kappa shape index (κ1) is 14.3. The van der Waals surface area contributed by atoms with Crippen LogP contribution in [0.5, 0.6) is 0 Å². The predicted octanol–water partition coefficient (Wildman–Crippen LogP) is 1.33. The maximum atomic E-state index is 6.36. The maximum Gasteiger partial charge on any atom is 0.0860 e. The second-order valence-electron chi connectivity index (χ2n) is 5.85. The van der Waals surface area contributed by atoms with Gasteiger partial charge in [-0.15, -0.1) is 0 Å². The summed E-state index contributed by atoms with van der Waals surface area (Å²) in [5.41, 5.74) is 2.01. The lowest BCUT2D eigenvalue weighted by Crippen LogP contribution is -2.50. The van der Waals surface area contributed by atoms with E-state index in [1.807, 2.05) is 18.7 Å². The zero-order valence-corrected chi connectivity index (χ0v) is 13.0. The second-order valence-corrected chi connectivity index (χ2v) is 6.23. The van der Waals surface area contributed by atoms with Crippen molar-refractivity contribution in [2.45, 2.75) is 38.4 Å². The van der Waals surface area contributed by atoms with E-state index in [-0.39, 0.29) is 0 Å². The summed E-state index contributed by atoms with van der Waals surface area (Å²) in [5, 5.41) is 8.79. The molecule has 1 saturated carbocycles. The van der Waals surface area contributed by atoms with Crippen LogP contribution in [0.15, 0.2) is 0 Å². The molecule has 2 aliphatic rings. The highest BCUT2D eigenvalue weighted by molar-refractivity contribution is 6.31. The maximum absolute atomic E-state index is 6.36. The predicted molar refractivity (Wildman–Crippen MR) is 79.0 cm³/mol. The fraction of sp³-hybridized carbons (Fsp3) is 0.786. The minimum Gasteiger partial charge on any atom is -0.378 e. The van der Waals surface area contributed by atoms with Crippen LogP contribution >= 0.6 is 11.6 Å². The molecule has 20 heavy (non-hydrogen) atoms. The van der Waals surface area contributed by atoms with Gasteiger partial charge in [-0.2, -0.15) is 5.10 Å². The Hall–Kier alpha value is -0.620. The number of rotatable bonds is 5. The van der Waals surface area contributed by atoms with Gasteiger partial charge in [0.05, 0.1) is 29.6 Å². The van der Waals surface area contributed by atoms with Crippen molar-refractivity contribution in [1.82, 2.24) is 20.0 Å². The van der Waals surface area contributed by atoms with E-state index in [9.17, 15) is 0 Å². The van der Waals surface area contributed by atoms with Crippen molar-refractivity contribution < 1.29 is 4.74 Å². The number of hydrogen-bond acceptors (Lipinski definition) is 4. The number of halogens is 1. The van der Waals surface area contributed by atoms with Crippen LogP contribution in [-0.2, 0) is 18.3 Å². The van der Waals surface area contributed by atoms with E-state index in [0.717, 1.165) is 55.3 Å². The highest BCUT2D eigenvalue weighted by Crippen LogP contribution is 2.23. The molecule has 0 aromatic carbocycles. The Morgan fingerprint density at radius 1 is 1.45 bits per heavy atom. The molecule has 3 rings (SSSR count). The molecule has 2 fully saturated rings. The van der Waals surface area contributed by atoms with Crippen molar-refractivity contribution in [1.29, 1.82) is 0 Å². The highest BCUT2D eigenvalue weighted by Gasteiger charge is 2.28. The summed E-state index contributed by atoms with van der Waals surface area (Å²) in [7, 11) is 1.96. The Morgan fingerprint density at radius 2 is 2.25 bits per heavy atom. The number of morpholine rings is 1. The van der Waals surface area contributed by atoms with E-state index in [1.165, 1.54) is 12.8 Å². The van der Waals surface area contributed by atoms with Crippen LogP contribution in [0.1, 0.15) is 24.2 Å². The van der Waals surface area contributed by atoms with Crippen molar-refractivity contribution in [3.8, 4) is 0 Å². The Balaban J connectivity index is 1.65. The molecule has 5 nitrogen and oxygen atoms in total. The normalized spacial score (nSPS) is 24.2. The van der Waals surface area contributed by atoms with Crippen molar-refractivity contribution in [2.24, 2.45) is 7.05 Å². The average Bonchev–Trinajstić information content (AvgIpc) is 3.23. The SMILES string of the molecule is Cc1nn(C)c(CN2CCOCC2CNC2CC2)c1Cl. The van der Waals surface area contributed by atoms with Crippen molar-refractivity contribution in [2.75, 3.05) is 26.3 Å². The molecule has 112 valence electrons. The third-order valence-corrected chi connectivity index (χ3v) is 4.68. The molecule has 1 unspecified atom stereocenters. The number of aryl methyl sites for hydroxylation is 2. The summed E-state index contributed by atoms with van der Waals surface area (Å²) in [5.74, 6) is 0. The van der Waals surface area contributed by atoms with Crippen molar-refractivity contribution in [3.63, 3.8) is 0 Å². The number of nitrogens with zero attached hydrogens (tertiary/aromatic N) is 3. The standard InChI is InChI=1S/C14H23ClN4O/c1-10-14(15)13(18(2)17-10)8-19-5-6-20-9-12(19)7-16-11-3-4-11/h11-12,16H,3-9H2,1-2H3. The van der Waals surface area contributed by atoms with E-state index in [2.05, 4.69) is 15.3 Å². The van der Waals surface area contributed by atoms with Crippen LogP contribution in [0, 0.1) is 6.92 Å². The Kier molecular flexibility index (Phi) is 4.31. The zero-order valence-electron chi connectivity index (χ0n) is 12.2. The van der Waals surface area contributed by atoms with Crippen LogP contribution in [0.25, 0.3) is 0 Å². The van der Waals surface area contributed by atoms with Crippen molar-refractivity contribution >= 4 is 11.6 Å². The molecule has 2 heterocycles. The zero-order chi connectivity index (χ0) is 14.1. The monoisotopic (exact) mass is 298 g/mol. The van der Waals surface area contributed by atoms with Crippen LogP contribution in [-0.4, -0.2) is 53.1 Å². The summed E-state index contributed by atoms with van der Waals surface area (Å²) in [4.78, 5) is 2.46. The van der Waals surface area contributed by atoms with E-state index in [0.29, 0.717) is 6.04 Å². The third kappa shape index (κ3) is 3.17. The molecular weight excluding hydrogens is 276 g/mol. The molecule has 0 bridgehead atoms. The van der Waals surface area contributed by atoms with Gasteiger partial charge >= 0.3 is 0 Å². The van der Waals surface area contributed by atoms with Gasteiger partial charge in [0, 0.05) is 38.8 Å². The molecule has 1 aliphatic heterocycles. The molecule has 0 spiro atoms. The first-order valence-corrected chi connectivity index (χ1v) is 7.76. The molecule has 6 heteroatoms. The first-order chi connectivity index (χ1) is 9.65. The van der Waals surface area contributed by atoms with Gasteiger partial charge in [0.15, 0.2) is 0 Å². The Bertz CT molecular complexity index is 472. The average molecular weight is 299 g/mol. The lowest BCUT2D eigenvalue weighted by Gasteiger charge is -2.35. The van der Waals surface area contributed by atoms with E-state index in [4.69, 9.17) is 16.3 Å². The van der Waals surface area contributed by atoms with Crippen LogP contribution in [0.3, 0.4) is 0 Å². The third-order valence-electron chi connectivity index (χ3n) is 4.18. The largest absolute Gasteiger partial charge is 0.378 e. The fourth-order valence-electron chi connectivity index (χ4n) is 2.72. The Labute approximate surface area is 125 Å². The fourth-order valence-corrected chi connectivity index (χ4v) is 2.94. The summed E-state index contributed by atoms with van der Waals surface area (Å²) < 4.78 is 7.53. The van der Waals surface area contributed by atoms with Gasteiger partial charge in [-0.05, 0) is 19.8 Å². The molecule has 1 aromatic heterocycles. The van der Waals surface area contributed by atoms with Crippen LogP contribution in [0.4, 0.5) is 0 Å². The summed E-state index contributed by atoms with van der Waals surface area (Å²) >= 11 is 6.36. The minimum atomic E-state index is 0.427. The quantitative estimate of drug-likeness (QED) is 0.891.